The molecule has 2 heterocycles. The summed E-state index contributed by atoms with van der Waals surface area (Å²) in [4.78, 5) is 17.5. The summed E-state index contributed by atoms with van der Waals surface area (Å²) < 4.78 is 0. The molecule has 5 heteroatoms. The van der Waals surface area contributed by atoms with E-state index in [-0.39, 0.29) is 0 Å². The van der Waals surface area contributed by atoms with Gasteiger partial charge < -0.3 is 16.0 Å². The molecule has 0 spiro atoms. The molecule has 0 radical (unpaired) electrons. The lowest BCUT2D eigenvalue weighted by Gasteiger charge is -2.28. The van der Waals surface area contributed by atoms with E-state index in [0.29, 0.717) is 11.6 Å². The molecule has 92 valence electrons. The van der Waals surface area contributed by atoms with Crippen LogP contribution in [0, 0.1) is 0 Å². The second-order valence-corrected chi connectivity index (χ2v) is 4.20. The minimum atomic E-state index is -0.436. The molecular formula is C12H18N4O. The third-order valence-electron chi connectivity index (χ3n) is 3.14. The molecule has 1 aromatic rings. The molecule has 1 amide bonds. The van der Waals surface area contributed by atoms with Gasteiger partial charge in [-0.25, -0.2) is 4.98 Å². The van der Waals surface area contributed by atoms with Gasteiger partial charge >= 0.3 is 0 Å². The van der Waals surface area contributed by atoms with Crippen molar-refractivity contribution < 1.29 is 4.79 Å². The smallest absolute Gasteiger partial charge is 0.250 e. The fourth-order valence-corrected chi connectivity index (χ4v) is 2.21. The van der Waals surface area contributed by atoms with Crippen molar-refractivity contribution in [2.75, 3.05) is 24.5 Å². The van der Waals surface area contributed by atoms with Crippen LogP contribution < -0.4 is 16.0 Å². The van der Waals surface area contributed by atoms with Gasteiger partial charge in [0.1, 0.15) is 5.82 Å². The quantitative estimate of drug-likeness (QED) is 0.789. The first-order chi connectivity index (χ1) is 8.22. The highest BCUT2D eigenvalue weighted by molar-refractivity contribution is 5.92. The summed E-state index contributed by atoms with van der Waals surface area (Å²) in [6.07, 6.45) is 2.68. The molecule has 0 bridgehead atoms. The fraction of sp³-hybridized carbons (Fsp3) is 0.500. The van der Waals surface area contributed by atoms with Crippen LogP contribution in [-0.2, 0) is 0 Å². The topological polar surface area (TPSA) is 71.2 Å². The highest BCUT2D eigenvalue weighted by Crippen LogP contribution is 2.17. The molecule has 0 saturated carbocycles. The first-order valence-corrected chi connectivity index (χ1v) is 5.95. The Hall–Kier alpha value is -1.62. The number of amides is 1. The SMILES string of the molecule is CCN(c1ccc(C(N)=O)cn1)C1CCNC1. The van der Waals surface area contributed by atoms with Crippen LogP contribution in [-0.4, -0.2) is 36.6 Å². The average molecular weight is 234 g/mol. The fourth-order valence-electron chi connectivity index (χ4n) is 2.21. The Bertz CT molecular complexity index is 384. The Balaban J connectivity index is 2.16. The van der Waals surface area contributed by atoms with Crippen molar-refractivity contribution in [2.45, 2.75) is 19.4 Å². The van der Waals surface area contributed by atoms with Gasteiger partial charge in [-0.15, -0.1) is 0 Å². The van der Waals surface area contributed by atoms with Crippen molar-refractivity contribution >= 4 is 11.7 Å². The average Bonchev–Trinajstić information content (AvgIpc) is 2.84. The highest BCUT2D eigenvalue weighted by Gasteiger charge is 2.22. The van der Waals surface area contributed by atoms with Crippen LogP contribution in [0.1, 0.15) is 23.7 Å². The number of carbonyl (C=O) groups excluding carboxylic acids is 1. The van der Waals surface area contributed by atoms with E-state index in [1.807, 2.05) is 6.07 Å². The van der Waals surface area contributed by atoms with Crippen LogP contribution in [0.25, 0.3) is 0 Å². The molecule has 1 atom stereocenters. The van der Waals surface area contributed by atoms with E-state index in [0.717, 1.165) is 31.9 Å². The number of aromatic nitrogens is 1. The van der Waals surface area contributed by atoms with Gasteiger partial charge in [0.05, 0.1) is 5.56 Å². The van der Waals surface area contributed by atoms with E-state index in [1.165, 1.54) is 0 Å². The second kappa shape index (κ2) is 5.14. The molecule has 0 aromatic carbocycles. The predicted octanol–water partition coefficient (Wildman–Crippen LogP) is 0.369. The number of primary amides is 1. The number of nitrogens with zero attached hydrogens (tertiary/aromatic N) is 2. The molecule has 1 aromatic heterocycles. The van der Waals surface area contributed by atoms with Crippen LogP contribution >= 0.6 is 0 Å². The summed E-state index contributed by atoms with van der Waals surface area (Å²) >= 11 is 0. The van der Waals surface area contributed by atoms with E-state index in [4.69, 9.17) is 5.73 Å². The third-order valence-corrected chi connectivity index (χ3v) is 3.14. The molecule has 1 aliphatic heterocycles. The lowest BCUT2D eigenvalue weighted by Crippen LogP contribution is -2.37. The van der Waals surface area contributed by atoms with Gasteiger partial charge in [-0.3, -0.25) is 4.79 Å². The standard InChI is InChI=1S/C12H18N4O/c1-2-16(10-5-6-14-8-10)11-4-3-9(7-15-11)12(13)17/h3-4,7,10,14H,2,5-6,8H2,1H3,(H2,13,17). The van der Waals surface area contributed by atoms with Gasteiger partial charge in [0.2, 0.25) is 5.91 Å². The summed E-state index contributed by atoms with van der Waals surface area (Å²) in [6, 6.07) is 4.09. The molecule has 0 aliphatic carbocycles. The number of likely N-dealkylation sites (N-methyl/N-ethyl adjacent to an activating group) is 1. The molecule has 1 aliphatic rings. The van der Waals surface area contributed by atoms with E-state index in [1.54, 1.807) is 12.3 Å². The van der Waals surface area contributed by atoms with Crippen molar-refractivity contribution in [3.8, 4) is 0 Å². The maximum Gasteiger partial charge on any atom is 0.250 e. The second-order valence-electron chi connectivity index (χ2n) is 4.20. The normalized spacial score (nSPS) is 19.2. The van der Waals surface area contributed by atoms with Crippen LogP contribution in [0.4, 0.5) is 5.82 Å². The van der Waals surface area contributed by atoms with E-state index in [9.17, 15) is 4.79 Å². The van der Waals surface area contributed by atoms with Gasteiger partial charge in [-0.05, 0) is 32.0 Å². The first kappa shape index (κ1) is 11.9. The maximum absolute atomic E-state index is 11.0. The number of hydrogen-bond acceptors (Lipinski definition) is 4. The van der Waals surface area contributed by atoms with Crippen molar-refractivity contribution in [1.29, 1.82) is 0 Å². The Morgan fingerprint density at radius 1 is 1.65 bits per heavy atom. The molecule has 5 nitrogen and oxygen atoms in total. The molecule has 2 rings (SSSR count). The molecule has 1 fully saturated rings. The van der Waals surface area contributed by atoms with Crippen molar-refractivity contribution in [2.24, 2.45) is 5.73 Å². The van der Waals surface area contributed by atoms with E-state index >= 15 is 0 Å². The highest BCUT2D eigenvalue weighted by atomic mass is 16.1. The minimum absolute atomic E-state index is 0.436. The van der Waals surface area contributed by atoms with E-state index in [2.05, 4.69) is 22.1 Å². The molecule has 1 unspecified atom stereocenters. The Morgan fingerprint density at radius 3 is 2.94 bits per heavy atom. The summed E-state index contributed by atoms with van der Waals surface area (Å²) in [6.45, 7) is 5.07. The Morgan fingerprint density at radius 2 is 2.47 bits per heavy atom. The van der Waals surface area contributed by atoms with Crippen molar-refractivity contribution in [3.05, 3.63) is 23.9 Å². The van der Waals surface area contributed by atoms with Gasteiger partial charge in [-0.2, -0.15) is 0 Å². The van der Waals surface area contributed by atoms with Crippen molar-refractivity contribution in [1.82, 2.24) is 10.3 Å². The van der Waals surface area contributed by atoms with Gasteiger partial charge in [0, 0.05) is 25.3 Å². The van der Waals surface area contributed by atoms with Gasteiger partial charge in [0.25, 0.3) is 0 Å². The summed E-state index contributed by atoms with van der Waals surface area (Å²) in [7, 11) is 0. The minimum Gasteiger partial charge on any atom is -0.366 e. The molecule has 3 N–H and O–H groups in total. The summed E-state index contributed by atoms with van der Waals surface area (Å²) in [5.74, 6) is 0.473. The molecule has 17 heavy (non-hydrogen) atoms. The number of anilines is 1. The number of pyridine rings is 1. The number of nitrogens with one attached hydrogen (secondary N) is 1. The zero-order valence-corrected chi connectivity index (χ0v) is 10.0. The van der Waals surface area contributed by atoms with E-state index < -0.39 is 5.91 Å². The lowest BCUT2D eigenvalue weighted by atomic mass is 10.2. The van der Waals surface area contributed by atoms with Crippen LogP contribution in [0.2, 0.25) is 0 Å². The summed E-state index contributed by atoms with van der Waals surface area (Å²) in [5, 5.41) is 3.34. The zero-order valence-electron chi connectivity index (χ0n) is 10.0. The number of carbonyl (C=O) groups is 1. The first-order valence-electron chi connectivity index (χ1n) is 5.95. The predicted molar refractivity (Wildman–Crippen MR) is 67.0 cm³/mol. The lowest BCUT2D eigenvalue weighted by molar-refractivity contribution is 0.1000. The maximum atomic E-state index is 11.0. The summed E-state index contributed by atoms with van der Waals surface area (Å²) in [5.41, 5.74) is 5.65. The monoisotopic (exact) mass is 234 g/mol. The van der Waals surface area contributed by atoms with Crippen LogP contribution in [0.15, 0.2) is 18.3 Å². The largest absolute Gasteiger partial charge is 0.366 e. The molecular weight excluding hydrogens is 216 g/mol. The van der Waals surface area contributed by atoms with Gasteiger partial charge in [0.15, 0.2) is 0 Å². The zero-order chi connectivity index (χ0) is 12.3. The van der Waals surface area contributed by atoms with Gasteiger partial charge in [-0.1, -0.05) is 0 Å². The Labute approximate surface area is 101 Å². The van der Waals surface area contributed by atoms with Crippen LogP contribution in [0.3, 0.4) is 0 Å². The number of rotatable bonds is 4. The van der Waals surface area contributed by atoms with Crippen molar-refractivity contribution in [3.63, 3.8) is 0 Å². The number of hydrogen-bond donors (Lipinski definition) is 2. The Kier molecular flexibility index (Phi) is 3.58. The number of nitrogens with two attached hydrogens (primary N) is 1. The molecule has 1 saturated heterocycles. The third kappa shape index (κ3) is 2.55. The van der Waals surface area contributed by atoms with Crippen LogP contribution in [0.5, 0.6) is 0 Å².